The van der Waals surface area contributed by atoms with Gasteiger partial charge in [-0.05, 0) is 38.8 Å². The molecule has 0 saturated heterocycles. The SMILES string of the molecule is CCc1c(C)nc(-n2nc(C)c(C)c2NCc2ccccc2Cl)[nH]c1=O. The first-order valence-electron chi connectivity index (χ1n) is 8.56. The van der Waals surface area contributed by atoms with Crippen molar-refractivity contribution in [1.82, 2.24) is 19.7 Å². The van der Waals surface area contributed by atoms with Gasteiger partial charge in [-0.15, -0.1) is 0 Å². The Morgan fingerprint density at radius 3 is 2.58 bits per heavy atom. The molecule has 2 aromatic heterocycles. The third-order valence-electron chi connectivity index (χ3n) is 4.53. The van der Waals surface area contributed by atoms with Crippen molar-refractivity contribution in [2.75, 3.05) is 5.32 Å². The van der Waals surface area contributed by atoms with Crippen LogP contribution in [0.3, 0.4) is 0 Å². The molecule has 2 heterocycles. The molecule has 0 aliphatic heterocycles. The first-order valence-corrected chi connectivity index (χ1v) is 8.93. The van der Waals surface area contributed by atoms with Crippen molar-refractivity contribution in [2.24, 2.45) is 0 Å². The van der Waals surface area contributed by atoms with Crippen molar-refractivity contribution in [2.45, 2.75) is 40.7 Å². The van der Waals surface area contributed by atoms with Crippen molar-refractivity contribution < 1.29 is 0 Å². The van der Waals surface area contributed by atoms with E-state index < -0.39 is 0 Å². The van der Waals surface area contributed by atoms with Gasteiger partial charge in [-0.3, -0.25) is 9.78 Å². The van der Waals surface area contributed by atoms with Crippen LogP contribution in [0, 0.1) is 20.8 Å². The van der Waals surface area contributed by atoms with Crippen LogP contribution in [0.15, 0.2) is 29.1 Å². The minimum absolute atomic E-state index is 0.127. The summed E-state index contributed by atoms with van der Waals surface area (Å²) in [5.41, 5.74) is 4.13. The molecule has 0 atom stereocenters. The molecule has 0 fully saturated rings. The van der Waals surface area contributed by atoms with Crippen LogP contribution >= 0.6 is 11.6 Å². The number of aromatic nitrogens is 4. The molecule has 7 heteroatoms. The zero-order valence-electron chi connectivity index (χ0n) is 15.4. The number of nitrogens with one attached hydrogen (secondary N) is 2. The van der Waals surface area contributed by atoms with Crippen LogP contribution in [-0.2, 0) is 13.0 Å². The van der Waals surface area contributed by atoms with Gasteiger partial charge in [-0.1, -0.05) is 36.7 Å². The summed E-state index contributed by atoms with van der Waals surface area (Å²) in [6.45, 7) is 8.24. The predicted octanol–water partition coefficient (Wildman–Crippen LogP) is 3.71. The molecule has 0 saturated carbocycles. The molecule has 6 nitrogen and oxygen atoms in total. The average Bonchev–Trinajstić information content (AvgIpc) is 2.89. The second-order valence-electron chi connectivity index (χ2n) is 6.22. The molecule has 2 N–H and O–H groups in total. The van der Waals surface area contributed by atoms with E-state index in [4.69, 9.17) is 11.6 Å². The average molecular weight is 372 g/mol. The van der Waals surface area contributed by atoms with Gasteiger partial charge in [0, 0.05) is 28.4 Å². The lowest BCUT2D eigenvalue weighted by Crippen LogP contribution is -2.20. The first-order chi connectivity index (χ1) is 12.4. The summed E-state index contributed by atoms with van der Waals surface area (Å²) < 4.78 is 1.65. The molecule has 0 aliphatic rings. The Labute approximate surface area is 157 Å². The summed E-state index contributed by atoms with van der Waals surface area (Å²) in [6.07, 6.45) is 0.642. The number of aryl methyl sites for hydroxylation is 2. The molecule has 1 aromatic carbocycles. The van der Waals surface area contributed by atoms with E-state index in [-0.39, 0.29) is 5.56 Å². The topological polar surface area (TPSA) is 75.6 Å². The van der Waals surface area contributed by atoms with E-state index in [9.17, 15) is 4.79 Å². The zero-order valence-corrected chi connectivity index (χ0v) is 16.1. The number of hydrogen-bond donors (Lipinski definition) is 2. The van der Waals surface area contributed by atoms with Gasteiger partial charge in [0.1, 0.15) is 5.82 Å². The van der Waals surface area contributed by atoms with Gasteiger partial charge < -0.3 is 5.32 Å². The highest BCUT2D eigenvalue weighted by Crippen LogP contribution is 2.23. The lowest BCUT2D eigenvalue weighted by molar-refractivity contribution is 0.775. The van der Waals surface area contributed by atoms with Gasteiger partial charge in [-0.25, -0.2) is 4.98 Å². The van der Waals surface area contributed by atoms with Crippen molar-refractivity contribution in [1.29, 1.82) is 0 Å². The molecule has 0 aliphatic carbocycles. The highest BCUT2D eigenvalue weighted by molar-refractivity contribution is 6.31. The number of benzene rings is 1. The van der Waals surface area contributed by atoms with Crippen molar-refractivity contribution in [3.05, 3.63) is 67.7 Å². The fraction of sp³-hybridized carbons (Fsp3) is 0.316. The van der Waals surface area contributed by atoms with E-state index in [2.05, 4.69) is 20.4 Å². The first kappa shape index (κ1) is 18.2. The second kappa shape index (κ2) is 7.33. The molecule has 0 unspecified atom stereocenters. The summed E-state index contributed by atoms with van der Waals surface area (Å²) in [5, 5.41) is 8.62. The minimum Gasteiger partial charge on any atom is -0.365 e. The zero-order chi connectivity index (χ0) is 18.8. The summed E-state index contributed by atoms with van der Waals surface area (Å²) in [4.78, 5) is 19.7. The van der Waals surface area contributed by atoms with Crippen molar-refractivity contribution in [3.63, 3.8) is 0 Å². The van der Waals surface area contributed by atoms with Gasteiger partial charge in [0.25, 0.3) is 5.56 Å². The minimum atomic E-state index is -0.127. The highest BCUT2D eigenvalue weighted by Gasteiger charge is 2.16. The largest absolute Gasteiger partial charge is 0.365 e. The van der Waals surface area contributed by atoms with Gasteiger partial charge >= 0.3 is 0 Å². The van der Waals surface area contributed by atoms with Crippen LogP contribution in [0.4, 0.5) is 5.82 Å². The van der Waals surface area contributed by atoms with E-state index in [0.29, 0.717) is 35.2 Å². The summed E-state index contributed by atoms with van der Waals surface area (Å²) in [7, 11) is 0. The Bertz CT molecular complexity index is 1010. The van der Waals surface area contributed by atoms with Crippen LogP contribution in [0.25, 0.3) is 5.95 Å². The standard InChI is InChI=1S/C19H22ClN5O/c1-5-15-13(4)22-19(23-18(15)26)25-17(11(2)12(3)24-25)21-10-14-8-6-7-9-16(14)20/h6-9,21H,5,10H2,1-4H3,(H,22,23,26). The molecular formula is C19H22ClN5O. The van der Waals surface area contributed by atoms with Crippen LogP contribution < -0.4 is 10.9 Å². The fourth-order valence-corrected chi connectivity index (χ4v) is 3.10. The Balaban J connectivity index is 2.01. The van der Waals surface area contributed by atoms with Crippen LogP contribution in [-0.4, -0.2) is 19.7 Å². The lowest BCUT2D eigenvalue weighted by Gasteiger charge is -2.12. The van der Waals surface area contributed by atoms with E-state index in [1.165, 1.54) is 0 Å². The fourth-order valence-electron chi connectivity index (χ4n) is 2.90. The maximum atomic E-state index is 12.3. The summed E-state index contributed by atoms with van der Waals surface area (Å²) in [5.74, 6) is 1.19. The highest BCUT2D eigenvalue weighted by atomic mass is 35.5. The van der Waals surface area contributed by atoms with Crippen molar-refractivity contribution in [3.8, 4) is 5.95 Å². The number of hydrogen-bond acceptors (Lipinski definition) is 4. The molecule has 0 spiro atoms. The molecular weight excluding hydrogens is 350 g/mol. The van der Waals surface area contributed by atoms with Crippen LogP contribution in [0.2, 0.25) is 5.02 Å². The molecule has 26 heavy (non-hydrogen) atoms. The van der Waals surface area contributed by atoms with E-state index in [1.807, 2.05) is 52.0 Å². The monoisotopic (exact) mass is 371 g/mol. The Morgan fingerprint density at radius 2 is 1.92 bits per heavy atom. The Hall–Kier alpha value is -2.60. The lowest BCUT2D eigenvalue weighted by atomic mass is 10.2. The van der Waals surface area contributed by atoms with E-state index in [1.54, 1.807) is 4.68 Å². The smallest absolute Gasteiger partial charge is 0.255 e. The van der Waals surface area contributed by atoms with Gasteiger partial charge in [0.2, 0.25) is 5.95 Å². The molecule has 0 bridgehead atoms. The number of nitrogens with zero attached hydrogens (tertiary/aromatic N) is 3. The summed E-state index contributed by atoms with van der Waals surface area (Å²) >= 11 is 6.24. The number of aromatic amines is 1. The third-order valence-corrected chi connectivity index (χ3v) is 4.90. The molecule has 136 valence electrons. The molecule has 3 aromatic rings. The Morgan fingerprint density at radius 1 is 1.19 bits per heavy atom. The number of halogens is 1. The number of H-pyrrole nitrogens is 1. The quantitative estimate of drug-likeness (QED) is 0.716. The van der Waals surface area contributed by atoms with Gasteiger partial charge in [-0.2, -0.15) is 9.78 Å². The molecule has 0 radical (unpaired) electrons. The molecule has 0 amide bonds. The Kier molecular flexibility index (Phi) is 5.13. The number of anilines is 1. The number of rotatable bonds is 5. The normalized spacial score (nSPS) is 11.0. The van der Waals surface area contributed by atoms with Crippen LogP contribution in [0.5, 0.6) is 0 Å². The maximum Gasteiger partial charge on any atom is 0.255 e. The van der Waals surface area contributed by atoms with E-state index in [0.717, 1.165) is 22.6 Å². The van der Waals surface area contributed by atoms with Crippen molar-refractivity contribution >= 4 is 17.4 Å². The van der Waals surface area contributed by atoms with Gasteiger partial charge in [0.15, 0.2) is 0 Å². The van der Waals surface area contributed by atoms with Gasteiger partial charge in [0.05, 0.1) is 5.69 Å². The summed E-state index contributed by atoms with van der Waals surface area (Å²) in [6, 6.07) is 7.68. The molecule has 3 rings (SSSR count). The van der Waals surface area contributed by atoms with Crippen LogP contribution in [0.1, 0.15) is 35.0 Å². The predicted molar refractivity (Wildman–Crippen MR) is 104 cm³/mol. The van der Waals surface area contributed by atoms with E-state index >= 15 is 0 Å². The maximum absolute atomic E-state index is 12.3. The second-order valence-corrected chi connectivity index (χ2v) is 6.63. The third kappa shape index (κ3) is 3.37.